The van der Waals surface area contributed by atoms with Crippen LogP contribution in [0.5, 0.6) is 0 Å². The van der Waals surface area contributed by atoms with Crippen LogP contribution in [0.1, 0.15) is 6.92 Å². The van der Waals surface area contributed by atoms with Crippen LogP contribution in [0.3, 0.4) is 0 Å². The van der Waals surface area contributed by atoms with Crippen molar-refractivity contribution in [2.75, 3.05) is 24.5 Å². The van der Waals surface area contributed by atoms with Gasteiger partial charge in [-0.15, -0.1) is 0 Å². The number of aryl methyl sites for hydroxylation is 1. The molecule has 2 N–H and O–H groups in total. The Morgan fingerprint density at radius 3 is 3.06 bits per heavy atom. The van der Waals surface area contributed by atoms with E-state index in [0.29, 0.717) is 25.5 Å². The maximum Gasteiger partial charge on any atom is 0.293 e. The molecule has 1 aliphatic rings. The summed E-state index contributed by atoms with van der Waals surface area (Å²) < 4.78 is 7.18. The zero-order chi connectivity index (χ0) is 12.4. The number of nitrogens with zero attached hydrogens (tertiary/aromatic N) is 3. The quantitative estimate of drug-likeness (QED) is 0.740. The van der Waals surface area contributed by atoms with Crippen molar-refractivity contribution in [3.8, 4) is 0 Å². The van der Waals surface area contributed by atoms with Crippen molar-refractivity contribution in [3.05, 3.63) is 22.7 Å². The molecule has 0 radical (unpaired) electrons. The zero-order valence-corrected chi connectivity index (χ0v) is 10.2. The molecular formula is C11H18N4O2. The summed E-state index contributed by atoms with van der Waals surface area (Å²) in [5.41, 5.74) is 5.53. The largest absolute Gasteiger partial charge is 0.370 e. The van der Waals surface area contributed by atoms with E-state index in [1.54, 1.807) is 19.4 Å². The second-order valence-electron chi connectivity index (χ2n) is 4.38. The average molecular weight is 238 g/mol. The summed E-state index contributed by atoms with van der Waals surface area (Å²) in [6.07, 6.45) is 3.30. The Bertz CT molecular complexity index is 445. The van der Waals surface area contributed by atoms with E-state index in [9.17, 15) is 4.79 Å². The number of morpholine rings is 1. The smallest absolute Gasteiger partial charge is 0.293 e. The maximum atomic E-state index is 12.0. The molecule has 2 heterocycles. The highest BCUT2D eigenvalue weighted by Gasteiger charge is 2.26. The summed E-state index contributed by atoms with van der Waals surface area (Å²) in [6, 6.07) is 0. The third-order valence-electron chi connectivity index (χ3n) is 2.89. The maximum absolute atomic E-state index is 12.0. The molecule has 0 bridgehead atoms. The molecule has 94 valence electrons. The van der Waals surface area contributed by atoms with Gasteiger partial charge in [0.15, 0.2) is 5.82 Å². The SMILES string of the molecule is CC1CN(c2nccn(C)c2=O)CC(CN)O1. The molecule has 0 saturated carbocycles. The first kappa shape index (κ1) is 12.1. The van der Waals surface area contributed by atoms with Gasteiger partial charge in [-0.25, -0.2) is 4.98 Å². The van der Waals surface area contributed by atoms with Crippen molar-refractivity contribution in [1.82, 2.24) is 9.55 Å². The molecular weight excluding hydrogens is 220 g/mol. The lowest BCUT2D eigenvalue weighted by Gasteiger charge is -2.36. The zero-order valence-electron chi connectivity index (χ0n) is 10.2. The summed E-state index contributed by atoms with van der Waals surface area (Å²) in [5, 5.41) is 0. The molecule has 17 heavy (non-hydrogen) atoms. The standard InChI is InChI=1S/C11H18N4O2/c1-8-6-15(7-9(5-12)17-8)10-11(16)14(2)4-3-13-10/h3-4,8-9H,5-7,12H2,1-2H3. The topological polar surface area (TPSA) is 73.4 Å². The van der Waals surface area contributed by atoms with Gasteiger partial charge in [-0.3, -0.25) is 4.79 Å². The van der Waals surface area contributed by atoms with Crippen molar-refractivity contribution in [2.45, 2.75) is 19.1 Å². The fourth-order valence-electron chi connectivity index (χ4n) is 2.05. The van der Waals surface area contributed by atoms with Crippen LogP contribution < -0.4 is 16.2 Å². The highest BCUT2D eigenvalue weighted by atomic mass is 16.5. The van der Waals surface area contributed by atoms with Crippen LogP contribution in [0.4, 0.5) is 5.82 Å². The van der Waals surface area contributed by atoms with Gasteiger partial charge in [-0.1, -0.05) is 0 Å². The molecule has 6 nitrogen and oxygen atoms in total. The Kier molecular flexibility index (Phi) is 3.44. The molecule has 1 aliphatic heterocycles. The molecule has 0 aromatic carbocycles. The second-order valence-corrected chi connectivity index (χ2v) is 4.38. The normalized spacial score (nSPS) is 25.0. The Morgan fingerprint density at radius 2 is 2.35 bits per heavy atom. The molecule has 2 rings (SSSR count). The van der Waals surface area contributed by atoms with Crippen LogP contribution in [-0.4, -0.2) is 41.4 Å². The first-order valence-electron chi connectivity index (χ1n) is 5.74. The number of nitrogens with two attached hydrogens (primary N) is 1. The van der Waals surface area contributed by atoms with Crippen LogP contribution in [0.2, 0.25) is 0 Å². The van der Waals surface area contributed by atoms with E-state index in [1.807, 2.05) is 11.8 Å². The molecule has 1 saturated heterocycles. The van der Waals surface area contributed by atoms with Crippen LogP contribution in [0.15, 0.2) is 17.2 Å². The Balaban J connectivity index is 2.27. The van der Waals surface area contributed by atoms with Crippen molar-refractivity contribution >= 4 is 5.82 Å². The number of hydrogen-bond donors (Lipinski definition) is 1. The van der Waals surface area contributed by atoms with Gasteiger partial charge < -0.3 is 19.9 Å². The van der Waals surface area contributed by atoms with Crippen molar-refractivity contribution in [1.29, 1.82) is 0 Å². The van der Waals surface area contributed by atoms with E-state index in [4.69, 9.17) is 10.5 Å². The molecule has 0 aliphatic carbocycles. The summed E-state index contributed by atoms with van der Waals surface area (Å²) in [5.74, 6) is 0.476. The predicted octanol–water partition coefficient (Wildman–Crippen LogP) is -0.667. The van der Waals surface area contributed by atoms with E-state index >= 15 is 0 Å². The van der Waals surface area contributed by atoms with Crippen molar-refractivity contribution < 1.29 is 4.74 Å². The van der Waals surface area contributed by atoms with Gasteiger partial charge in [0.05, 0.1) is 12.2 Å². The fraction of sp³-hybridized carbons (Fsp3) is 0.636. The van der Waals surface area contributed by atoms with E-state index in [0.717, 1.165) is 0 Å². The molecule has 0 amide bonds. The molecule has 1 fully saturated rings. The third kappa shape index (κ3) is 2.48. The summed E-state index contributed by atoms with van der Waals surface area (Å²) >= 11 is 0. The van der Waals surface area contributed by atoms with E-state index in [-0.39, 0.29) is 17.8 Å². The molecule has 6 heteroatoms. The van der Waals surface area contributed by atoms with E-state index in [1.165, 1.54) is 4.57 Å². The fourth-order valence-corrected chi connectivity index (χ4v) is 2.05. The molecule has 1 aromatic rings. The third-order valence-corrected chi connectivity index (χ3v) is 2.89. The molecule has 0 spiro atoms. The lowest BCUT2D eigenvalue weighted by Crippen LogP contribution is -2.51. The lowest BCUT2D eigenvalue weighted by atomic mass is 10.2. The minimum atomic E-state index is -0.0858. The number of rotatable bonds is 2. The predicted molar refractivity (Wildman–Crippen MR) is 65.1 cm³/mol. The summed E-state index contributed by atoms with van der Waals surface area (Å²) in [4.78, 5) is 18.1. The lowest BCUT2D eigenvalue weighted by molar-refractivity contribution is -0.0108. The van der Waals surface area contributed by atoms with Crippen LogP contribution in [0, 0.1) is 0 Å². The van der Waals surface area contributed by atoms with Gasteiger partial charge in [0.25, 0.3) is 5.56 Å². The molecule has 2 atom stereocenters. The van der Waals surface area contributed by atoms with Crippen LogP contribution in [-0.2, 0) is 11.8 Å². The summed E-state index contributed by atoms with van der Waals surface area (Å²) in [6.45, 7) is 3.71. The number of anilines is 1. The Labute approximate surface area is 100 Å². The number of hydrogen-bond acceptors (Lipinski definition) is 5. The second kappa shape index (κ2) is 4.85. The van der Waals surface area contributed by atoms with Crippen molar-refractivity contribution in [3.63, 3.8) is 0 Å². The van der Waals surface area contributed by atoms with Crippen LogP contribution >= 0.6 is 0 Å². The van der Waals surface area contributed by atoms with Crippen molar-refractivity contribution in [2.24, 2.45) is 12.8 Å². The number of aromatic nitrogens is 2. The van der Waals surface area contributed by atoms with E-state index < -0.39 is 0 Å². The van der Waals surface area contributed by atoms with Gasteiger partial charge in [-0.05, 0) is 6.92 Å². The monoisotopic (exact) mass is 238 g/mol. The number of ether oxygens (including phenoxy) is 1. The van der Waals surface area contributed by atoms with Gasteiger partial charge in [0.2, 0.25) is 0 Å². The molecule has 1 aromatic heterocycles. The highest BCUT2D eigenvalue weighted by Crippen LogP contribution is 2.14. The highest BCUT2D eigenvalue weighted by molar-refractivity contribution is 5.36. The van der Waals surface area contributed by atoms with Gasteiger partial charge in [-0.2, -0.15) is 0 Å². The van der Waals surface area contributed by atoms with Gasteiger partial charge >= 0.3 is 0 Å². The van der Waals surface area contributed by atoms with Crippen LogP contribution in [0.25, 0.3) is 0 Å². The Hall–Kier alpha value is -1.40. The average Bonchev–Trinajstić information content (AvgIpc) is 2.31. The minimum Gasteiger partial charge on any atom is -0.370 e. The summed E-state index contributed by atoms with van der Waals surface area (Å²) in [7, 11) is 1.72. The first-order valence-corrected chi connectivity index (χ1v) is 5.74. The van der Waals surface area contributed by atoms with E-state index in [2.05, 4.69) is 4.98 Å². The first-order chi connectivity index (χ1) is 8.11. The minimum absolute atomic E-state index is 0.0366. The van der Waals surface area contributed by atoms with Gasteiger partial charge in [0.1, 0.15) is 0 Å². The Morgan fingerprint density at radius 1 is 1.59 bits per heavy atom. The molecule has 2 unspecified atom stereocenters. The van der Waals surface area contributed by atoms with Gasteiger partial charge in [0, 0.05) is 39.1 Å².